The van der Waals surface area contributed by atoms with Gasteiger partial charge in [0, 0.05) is 25.7 Å². The third-order valence-electron chi connectivity index (χ3n) is 16.1. The minimum atomic E-state index is -4.95. The number of rotatable bonds is 68. The Morgan fingerprint density at radius 3 is 0.764 bits per heavy atom. The average molecular weight is 1310 g/mol. The van der Waals surface area contributed by atoms with Gasteiger partial charge in [-0.15, -0.1) is 0 Å². The molecule has 0 aromatic rings. The van der Waals surface area contributed by atoms with Gasteiger partial charge in [-0.05, 0) is 43.4 Å². The zero-order valence-electron chi connectivity index (χ0n) is 57.9. The molecule has 5 atom stereocenters. The molecule has 0 rings (SSSR count). The summed E-state index contributed by atoms with van der Waals surface area (Å²) in [6, 6.07) is 0. The fourth-order valence-corrected chi connectivity index (χ4v) is 12.1. The SMILES string of the molecule is CCCCCCCCCCC(=O)OC[C@H](COP(=O)(O)OC[C@H](O)COP(=O)(O)OC[C@@H](COC(=O)CCCCCCCCCCCC(C)C)OC(=O)CCCCCCCCCCCCCCCCCC(C)C)OC(=O)CCCCCCCCCCC(C)C. The van der Waals surface area contributed by atoms with Crippen LogP contribution in [-0.4, -0.2) is 96.7 Å². The first-order chi connectivity index (χ1) is 42.7. The second-order valence-electron chi connectivity index (χ2n) is 26.7. The Hall–Kier alpha value is -1.94. The Morgan fingerprint density at radius 1 is 0.303 bits per heavy atom. The zero-order chi connectivity index (χ0) is 65.9. The van der Waals surface area contributed by atoms with Gasteiger partial charge >= 0.3 is 39.5 Å². The van der Waals surface area contributed by atoms with Gasteiger partial charge in [-0.2, -0.15) is 0 Å². The van der Waals surface area contributed by atoms with E-state index in [2.05, 4.69) is 48.5 Å². The molecule has 0 heterocycles. The van der Waals surface area contributed by atoms with Gasteiger partial charge in [-0.3, -0.25) is 37.3 Å². The predicted molar refractivity (Wildman–Crippen MR) is 358 cm³/mol. The van der Waals surface area contributed by atoms with Crippen LogP contribution in [0.1, 0.15) is 350 Å². The number of phosphoric acid groups is 2. The highest BCUT2D eigenvalue weighted by molar-refractivity contribution is 7.47. The Morgan fingerprint density at radius 2 is 0.517 bits per heavy atom. The molecule has 0 amide bonds. The van der Waals surface area contributed by atoms with E-state index in [0.29, 0.717) is 25.7 Å². The number of carbonyl (C=O) groups excluding carboxylic acids is 4. The summed E-state index contributed by atoms with van der Waals surface area (Å²) in [5.74, 6) is 0.135. The van der Waals surface area contributed by atoms with Crippen molar-refractivity contribution in [1.82, 2.24) is 0 Å². The molecule has 0 aromatic heterocycles. The highest BCUT2D eigenvalue weighted by Gasteiger charge is 2.30. The second-order valence-corrected chi connectivity index (χ2v) is 29.6. The molecule has 0 aliphatic heterocycles. The third-order valence-corrected chi connectivity index (χ3v) is 18.0. The van der Waals surface area contributed by atoms with Crippen LogP contribution >= 0.6 is 15.6 Å². The molecule has 0 fully saturated rings. The van der Waals surface area contributed by atoms with Crippen LogP contribution in [0.15, 0.2) is 0 Å². The van der Waals surface area contributed by atoms with E-state index in [1.54, 1.807) is 0 Å². The fraction of sp³-hybridized carbons (Fsp3) is 0.943. The summed E-state index contributed by atoms with van der Waals surface area (Å²) in [6.07, 6.45) is 44.6. The number of unbranched alkanes of at least 4 members (excludes halogenated alkanes) is 36. The lowest BCUT2D eigenvalue weighted by molar-refractivity contribution is -0.161. The van der Waals surface area contributed by atoms with Crippen LogP contribution in [-0.2, 0) is 65.4 Å². The van der Waals surface area contributed by atoms with E-state index >= 15 is 0 Å². The molecular formula is C70H136O17P2. The maximum absolute atomic E-state index is 13.0. The number of ether oxygens (including phenoxy) is 4. The number of phosphoric ester groups is 2. The van der Waals surface area contributed by atoms with Crippen LogP contribution in [0.4, 0.5) is 0 Å². The molecule has 0 aliphatic rings. The maximum Gasteiger partial charge on any atom is 0.472 e. The van der Waals surface area contributed by atoms with Crippen molar-refractivity contribution in [2.45, 2.75) is 369 Å². The van der Waals surface area contributed by atoms with Crippen LogP contribution in [0.3, 0.4) is 0 Å². The monoisotopic (exact) mass is 1310 g/mol. The minimum Gasteiger partial charge on any atom is -0.462 e. The molecule has 3 N–H and O–H groups in total. The Balaban J connectivity index is 5.21. The molecule has 0 saturated heterocycles. The summed E-state index contributed by atoms with van der Waals surface area (Å²) in [5, 5.41) is 10.6. The van der Waals surface area contributed by atoms with E-state index in [0.717, 1.165) is 114 Å². The van der Waals surface area contributed by atoms with E-state index in [9.17, 15) is 43.2 Å². The maximum atomic E-state index is 13.0. The molecule has 0 spiro atoms. The van der Waals surface area contributed by atoms with E-state index in [1.165, 1.54) is 154 Å². The zero-order valence-corrected chi connectivity index (χ0v) is 59.7. The van der Waals surface area contributed by atoms with Crippen LogP contribution in [0, 0.1) is 17.8 Å². The lowest BCUT2D eigenvalue weighted by Gasteiger charge is -2.21. The van der Waals surface area contributed by atoms with Gasteiger partial charge in [0.15, 0.2) is 12.2 Å². The molecule has 0 aliphatic carbocycles. The van der Waals surface area contributed by atoms with Crippen molar-refractivity contribution in [1.29, 1.82) is 0 Å². The number of aliphatic hydroxyl groups excluding tert-OH is 1. The molecule has 2 unspecified atom stereocenters. The summed E-state index contributed by atoms with van der Waals surface area (Å²) in [4.78, 5) is 72.4. The van der Waals surface area contributed by atoms with Crippen molar-refractivity contribution >= 4 is 39.5 Å². The summed E-state index contributed by atoms with van der Waals surface area (Å²) in [6.45, 7) is 11.8. The fourth-order valence-electron chi connectivity index (χ4n) is 10.5. The molecular weight excluding hydrogens is 1170 g/mol. The number of hydrogen-bond donors (Lipinski definition) is 3. The van der Waals surface area contributed by atoms with Crippen molar-refractivity contribution in [2.75, 3.05) is 39.6 Å². The van der Waals surface area contributed by atoms with Gasteiger partial charge in [0.1, 0.15) is 19.3 Å². The van der Waals surface area contributed by atoms with Crippen molar-refractivity contribution in [3.05, 3.63) is 0 Å². The van der Waals surface area contributed by atoms with Crippen LogP contribution in [0.25, 0.3) is 0 Å². The first-order valence-corrected chi connectivity index (χ1v) is 39.3. The summed E-state index contributed by atoms with van der Waals surface area (Å²) in [5.41, 5.74) is 0. The Kier molecular flexibility index (Phi) is 59.6. The van der Waals surface area contributed by atoms with Gasteiger partial charge in [0.25, 0.3) is 0 Å². The normalized spacial score (nSPS) is 14.2. The summed E-state index contributed by atoms with van der Waals surface area (Å²) >= 11 is 0. The molecule has 0 bridgehead atoms. The lowest BCUT2D eigenvalue weighted by Crippen LogP contribution is -2.30. The van der Waals surface area contributed by atoms with Crippen LogP contribution in [0.2, 0.25) is 0 Å². The van der Waals surface area contributed by atoms with E-state index < -0.39 is 97.5 Å². The van der Waals surface area contributed by atoms with E-state index in [-0.39, 0.29) is 25.7 Å². The lowest BCUT2D eigenvalue weighted by atomic mass is 10.0. The average Bonchev–Trinajstić information content (AvgIpc) is 3.54. The molecule has 19 heteroatoms. The molecule has 0 radical (unpaired) electrons. The molecule has 17 nitrogen and oxygen atoms in total. The van der Waals surface area contributed by atoms with Crippen LogP contribution in [0.5, 0.6) is 0 Å². The smallest absolute Gasteiger partial charge is 0.462 e. The van der Waals surface area contributed by atoms with Crippen molar-refractivity contribution < 1.29 is 80.2 Å². The first-order valence-electron chi connectivity index (χ1n) is 36.3. The summed E-state index contributed by atoms with van der Waals surface area (Å²) < 4.78 is 68.2. The topological polar surface area (TPSA) is 237 Å². The minimum absolute atomic E-state index is 0.104. The molecule has 0 aromatic carbocycles. The van der Waals surface area contributed by atoms with Crippen molar-refractivity contribution in [3.63, 3.8) is 0 Å². The summed E-state index contributed by atoms with van der Waals surface area (Å²) in [7, 11) is -9.90. The predicted octanol–water partition coefficient (Wildman–Crippen LogP) is 19.8. The molecule has 89 heavy (non-hydrogen) atoms. The van der Waals surface area contributed by atoms with Gasteiger partial charge < -0.3 is 33.8 Å². The number of esters is 4. The van der Waals surface area contributed by atoms with Gasteiger partial charge in [-0.1, -0.05) is 299 Å². The first kappa shape index (κ1) is 87.1. The van der Waals surface area contributed by atoms with Gasteiger partial charge in [-0.25, -0.2) is 9.13 Å². The van der Waals surface area contributed by atoms with Gasteiger partial charge in [0.2, 0.25) is 0 Å². The Bertz CT molecular complexity index is 1750. The standard InChI is InChI=1S/C70H136O17P2/c1-8-9-10-11-12-30-37-44-51-67(72)80-57-65(87-70(75)54-47-40-33-26-25-29-36-43-50-63(6)7)59-84-88(76,77)82-55-64(71)56-83-89(78,79)85-60-66(58-81-68(73)52-45-38-31-24-20-22-28-35-42-49-62(4)5)86-69(74)53-46-39-32-23-19-17-15-13-14-16-18-21-27-34-41-48-61(2)3/h61-66,71H,8-60H2,1-7H3,(H,76,77)(H,78,79)/t64-,65+,66+/m0/s1. The van der Waals surface area contributed by atoms with E-state index in [1.807, 2.05) is 0 Å². The number of carbonyl (C=O) groups is 4. The Labute approximate surface area is 543 Å². The molecule has 0 saturated carbocycles. The third kappa shape index (κ3) is 64.6. The van der Waals surface area contributed by atoms with Crippen molar-refractivity contribution in [3.8, 4) is 0 Å². The highest BCUT2D eigenvalue weighted by atomic mass is 31.2. The second kappa shape index (κ2) is 61.0. The number of aliphatic hydroxyl groups is 1. The van der Waals surface area contributed by atoms with Crippen molar-refractivity contribution in [2.24, 2.45) is 17.8 Å². The quantitative estimate of drug-likeness (QED) is 0.0222. The largest absolute Gasteiger partial charge is 0.472 e. The molecule has 528 valence electrons. The van der Waals surface area contributed by atoms with Crippen LogP contribution < -0.4 is 0 Å². The number of hydrogen-bond acceptors (Lipinski definition) is 15. The van der Waals surface area contributed by atoms with E-state index in [4.69, 9.17) is 37.0 Å². The van der Waals surface area contributed by atoms with Gasteiger partial charge in [0.05, 0.1) is 26.4 Å². The highest BCUT2D eigenvalue weighted by Crippen LogP contribution is 2.45.